The van der Waals surface area contributed by atoms with E-state index in [2.05, 4.69) is 5.32 Å². The predicted octanol–water partition coefficient (Wildman–Crippen LogP) is 1.63. The second-order valence-corrected chi connectivity index (χ2v) is 5.71. The first-order chi connectivity index (χ1) is 9.99. The minimum Gasteiger partial charge on any atom is -0.493 e. The highest BCUT2D eigenvalue weighted by Crippen LogP contribution is 2.29. The van der Waals surface area contributed by atoms with Gasteiger partial charge in [-0.2, -0.15) is 0 Å². The first kappa shape index (κ1) is 15.6. The minimum atomic E-state index is -0.543. The number of amides is 1. The van der Waals surface area contributed by atoms with Gasteiger partial charge in [0.2, 0.25) is 0 Å². The Bertz CT molecular complexity index is 498. The smallest absolute Gasteiger partial charge is 0.260 e. The maximum absolute atomic E-state index is 11.9. The molecular formula is C16H24N2O3. The molecule has 5 nitrogen and oxygen atoms in total. The van der Waals surface area contributed by atoms with E-state index in [1.54, 1.807) is 14.0 Å². The molecular weight excluding hydrogens is 268 g/mol. The van der Waals surface area contributed by atoms with E-state index >= 15 is 0 Å². The molecule has 0 bridgehead atoms. The third-order valence-corrected chi connectivity index (χ3v) is 3.38. The van der Waals surface area contributed by atoms with Crippen LogP contribution in [0.3, 0.4) is 0 Å². The van der Waals surface area contributed by atoms with Crippen LogP contribution in [0.15, 0.2) is 18.2 Å². The van der Waals surface area contributed by atoms with Crippen molar-refractivity contribution in [2.24, 2.45) is 5.73 Å². The molecule has 1 amide bonds. The van der Waals surface area contributed by atoms with E-state index in [0.29, 0.717) is 17.5 Å². The summed E-state index contributed by atoms with van der Waals surface area (Å²) in [7, 11) is 1.59. The van der Waals surface area contributed by atoms with E-state index in [4.69, 9.17) is 15.2 Å². The van der Waals surface area contributed by atoms with Crippen molar-refractivity contribution in [1.29, 1.82) is 0 Å². The van der Waals surface area contributed by atoms with Gasteiger partial charge in [-0.05, 0) is 50.8 Å². The summed E-state index contributed by atoms with van der Waals surface area (Å²) in [5.74, 6) is 1.11. The first-order valence-electron chi connectivity index (χ1n) is 7.39. The second-order valence-electron chi connectivity index (χ2n) is 5.71. The summed E-state index contributed by atoms with van der Waals surface area (Å²) < 4.78 is 11.1. The Hall–Kier alpha value is -1.75. The Labute approximate surface area is 125 Å². The monoisotopic (exact) mass is 292 g/mol. The van der Waals surface area contributed by atoms with Crippen molar-refractivity contribution in [3.8, 4) is 11.5 Å². The molecule has 3 N–H and O–H groups in total. The van der Waals surface area contributed by atoms with Crippen molar-refractivity contribution in [3.63, 3.8) is 0 Å². The molecule has 0 spiro atoms. The number of hydrogen-bond acceptors (Lipinski definition) is 4. The number of carbonyl (C=O) groups is 1. The molecule has 21 heavy (non-hydrogen) atoms. The van der Waals surface area contributed by atoms with Crippen LogP contribution in [0.25, 0.3) is 0 Å². The van der Waals surface area contributed by atoms with E-state index in [0.717, 1.165) is 24.8 Å². The van der Waals surface area contributed by atoms with Gasteiger partial charge in [-0.3, -0.25) is 4.79 Å². The van der Waals surface area contributed by atoms with Gasteiger partial charge in [0, 0.05) is 12.1 Å². The highest BCUT2D eigenvalue weighted by molar-refractivity contribution is 5.81. The number of carbonyl (C=O) groups excluding carboxylic acids is 1. The number of nitrogens with one attached hydrogen (secondary N) is 1. The summed E-state index contributed by atoms with van der Waals surface area (Å²) in [5.41, 5.74) is 6.89. The average Bonchev–Trinajstić information content (AvgIpc) is 3.23. The van der Waals surface area contributed by atoms with Crippen molar-refractivity contribution >= 4 is 5.91 Å². The SMILES string of the molecule is COc1cc(CC(C)N)ccc1OC(C)C(=O)NC1CC1. The van der Waals surface area contributed by atoms with Crippen molar-refractivity contribution in [2.45, 2.75) is 51.3 Å². The fourth-order valence-electron chi connectivity index (χ4n) is 2.10. The van der Waals surface area contributed by atoms with Crippen LogP contribution in [-0.2, 0) is 11.2 Å². The topological polar surface area (TPSA) is 73.6 Å². The summed E-state index contributed by atoms with van der Waals surface area (Å²) >= 11 is 0. The Kier molecular flexibility index (Phi) is 5.07. The van der Waals surface area contributed by atoms with Crippen molar-refractivity contribution in [2.75, 3.05) is 7.11 Å². The first-order valence-corrected chi connectivity index (χ1v) is 7.39. The number of ether oxygens (including phenoxy) is 2. The third-order valence-electron chi connectivity index (χ3n) is 3.38. The molecule has 0 heterocycles. The van der Waals surface area contributed by atoms with Gasteiger partial charge in [-0.1, -0.05) is 6.07 Å². The molecule has 2 rings (SSSR count). The predicted molar refractivity (Wildman–Crippen MR) is 81.6 cm³/mol. The zero-order chi connectivity index (χ0) is 15.4. The second kappa shape index (κ2) is 6.80. The van der Waals surface area contributed by atoms with Crippen LogP contribution in [0, 0.1) is 0 Å². The van der Waals surface area contributed by atoms with Gasteiger partial charge in [0.1, 0.15) is 0 Å². The fraction of sp³-hybridized carbons (Fsp3) is 0.562. The molecule has 0 aromatic heterocycles. The summed E-state index contributed by atoms with van der Waals surface area (Å²) in [4.78, 5) is 11.9. The summed E-state index contributed by atoms with van der Waals surface area (Å²) in [6, 6.07) is 6.11. The molecule has 116 valence electrons. The minimum absolute atomic E-state index is 0.0841. The quantitative estimate of drug-likeness (QED) is 0.801. The van der Waals surface area contributed by atoms with E-state index in [1.807, 2.05) is 25.1 Å². The molecule has 0 aliphatic heterocycles. The number of benzene rings is 1. The molecule has 2 atom stereocenters. The lowest BCUT2D eigenvalue weighted by molar-refractivity contribution is -0.127. The Morgan fingerprint density at radius 1 is 1.38 bits per heavy atom. The average molecular weight is 292 g/mol. The molecule has 1 aromatic carbocycles. The Morgan fingerprint density at radius 3 is 2.67 bits per heavy atom. The molecule has 2 unspecified atom stereocenters. The van der Waals surface area contributed by atoms with Gasteiger partial charge in [-0.25, -0.2) is 0 Å². The van der Waals surface area contributed by atoms with E-state index in [1.165, 1.54) is 0 Å². The van der Waals surface area contributed by atoms with E-state index in [-0.39, 0.29) is 11.9 Å². The lowest BCUT2D eigenvalue weighted by Crippen LogP contribution is -2.37. The molecule has 1 saturated carbocycles. The lowest BCUT2D eigenvalue weighted by Gasteiger charge is -2.17. The van der Waals surface area contributed by atoms with Gasteiger partial charge < -0.3 is 20.5 Å². The van der Waals surface area contributed by atoms with Gasteiger partial charge in [0.05, 0.1) is 7.11 Å². The maximum atomic E-state index is 11.9. The number of nitrogens with two attached hydrogens (primary N) is 1. The molecule has 0 saturated heterocycles. The van der Waals surface area contributed by atoms with Crippen LogP contribution in [0.1, 0.15) is 32.3 Å². The molecule has 1 aromatic rings. The van der Waals surface area contributed by atoms with Gasteiger partial charge in [0.25, 0.3) is 5.91 Å². The largest absolute Gasteiger partial charge is 0.493 e. The highest BCUT2D eigenvalue weighted by atomic mass is 16.5. The Morgan fingerprint density at radius 2 is 2.10 bits per heavy atom. The van der Waals surface area contributed by atoms with Crippen LogP contribution in [0.5, 0.6) is 11.5 Å². The standard InChI is InChI=1S/C16H24N2O3/c1-10(17)8-12-4-7-14(15(9-12)20-3)21-11(2)16(19)18-13-5-6-13/h4,7,9-11,13H,5-6,8,17H2,1-3H3,(H,18,19). The highest BCUT2D eigenvalue weighted by Gasteiger charge is 2.26. The van der Waals surface area contributed by atoms with Crippen LogP contribution < -0.4 is 20.5 Å². The van der Waals surface area contributed by atoms with Gasteiger partial charge in [-0.15, -0.1) is 0 Å². The van der Waals surface area contributed by atoms with Crippen molar-refractivity contribution < 1.29 is 14.3 Å². The third kappa shape index (κ3) is 4.63. The van der Waals surface area contributed by atoms with Gasteiger partial charge in [0.15, 0.2) is 17.6 Å². The fourth-order valence-corrected chi connectivity index (χ4v) is 2.10. The lowest BCUT2D eigenvalue weighted by atomic mass is 10.1. The van der Waals surface area contributed by atoms with E-state index in [9.17, 15) is 4.79 Å². The molecule has 1 aliphatic carbocycles. The number of methoxy groups -OCH3 is 1. The molecule has 0 radical (unpaired) electrons. The zero-order valence-corrected chi connectivity index (χ0v) is 12.9. The number of hydrogen-bond donors (Lipinski definition) is 2. The van der Waals surface area contributed by atoms with Crippen molar-refractivity contribution in [3.05, 3.63) is 23.8 Å². The Balaban J connectivity index is 2.02. The summed E-state index contributed by atoms with van der Waals surface area (Å²) in [5, 5.41) is 2.93. The van der Waals surface area contributed by atoms with Crippen LogP contribution in [0.2, 0.25) is 0 Å². The molecule has 5 heteroatoms. The van der Waals surface area contributed by atoms with Crippen LogP contribution in [-0.4, -0.2) is 31.2 Å². The summed E-state index contributed by atoms with van der Waals surface area (Å²) in [6.45, 7) is 3.70. The van der Waals surface area contributed by atoms with Crippen molar-refractivity contribution in [1.82, 2.24) is 5.32 Å². The molecule has 1 aliphatic rings. The summed E-state index contributed by atoms with van der Waals surface area (Å²) in [6.07, 6.45) is 2.36. The zero-order valence-electron chi connectivity index (χ0n) is 12.9. The molecule has 1 fully saturated rings. The van der Waals surface area contributed by atoms with Crippen LogP contribution >= 0.6 is 0 Å². The van der Waals surface area contributed by atoms with Crippen LogP contribution in [0.4, 0.5) is 0 Å². The van der Waals surface area contributed by atoms with E-state index < -0.39 is 6.10 Å². The maximum Gasteiger partial charge on any atom is 0.260 e. The number of rotatable bonds is 7. The normalized spacial score (nSPS) is 17.0. The van der Waals surface area contributed by atoms with Gasteiger partial charge >= 0.3 is 0 Å².